The van der Waals surface area contributed by atoms with Gasteiger partial charge in [-0.2, -0.15) is 5.26 Å². The molecule has 1 aromatic rings. The number of nitriles is 1. The minimum Gasteiger partial charge on any atom is -0.372 e. The number of hydrogen-bond donors (Lipinski definition) is 0. The highest BCUT2D eigenvalue weighted by molar-refractivity contribution is 5.69. The lowest BCUT2D eigenvalue weighted by Gasteiger charge is -2.36. The Labute approximate surface area is 123 Å². The average molecular weight is 287 g/mol. The van der Waals surface area contributed by atoms with Gasteiger partial charge in [-0.15, -0.1) is 0 Å². The number of allylic oxidation sites excluding steroid dienone is 1. The summed E-state index contributed by atoms with van der Waals surface area (Å²) in [6.45, 7) is 5.16. The Morgan fingerprint density at radius 3 is 2.67 bits per heavy atom. The molecule has 0 saturated carbocycles. The first-order valence-corrected chi connectivity index (χ1v) is 6.76. The van der Waals surface area contributed by atoms with Crippen LogP contribution in [0, 0.1) is 21.4 Å². The topological polar surface area (TPSA) is 79.4 Å². The Bertz CT molecular complexity index is 597. The van der Waals surface area contributed by atoms with Gasteiger partial charge < -0.3 is 9.64 Å². The molecule has 1 saturated heterocycles. The Balaban J connectivity index is 2.36. The molecule has 1 fully saturated rings. The monoisotopic (exact) mass is 287 g/mol. The Morgan fingerprint density at radius 1 is 1.43 bits per heavy atom. The molecule has 0 radical (unpaired) electrons. The van der Waals surface area contributed by atoms with Crippen molar-refractivity contribution in [2.45, 2.75) is 26.1 Å². The van der Waals surface area contributed by atoms with Crippen LogP contribution in [0.25, 0.3) is 6.08 Å². The summed E-state index contributed by atoms with van der Waals surface area (Å²) in [5, 5.41) is 19.8. The van der Waals surface area contributed by atoms with Crippen molar-refractivity contribution >= 4 is 17.5 Å². The summed E-state index contributed by atoms with van der Waals surface area (Å²) in [7, 11) is 0. The normalized spacial score (nSPS) is 22.2. The van der Waals surface area contributed by atoms with Crippen LogP contribution in [0.2, 0.25) is 0 Å². The van der Waals surface area contributed by atoms with Crippen molar-refractivity contribution in [3.8, 4) is 6.07 Å². The molecule has 0 amide bonds. The van der Waals surface area contributed by atoms with Crippen LogP contribution >= 0.6 is 0 Å². The predicted molar refractivity (Wildman–Crippen MR) is 80.0 cm³/mol. The van der Waals surface area contributed by atoms with E-state index in [1.54, 1.807) is 18.2 Å². The van der Waals surface area contributed by atoms with Gasteiger partial charge in [-0.3, -0.25) is 10.1 Å². The minimum atomic E-state index is -0.385. The largest absolute Gasteiger partial charge is 0.372 e. The van der Waals surface area contributed by atoms with Gasteiger partial charge in [0.25, 0.3) is 5.69 Å². The van der Waals surface area contributed by atoms with E-state index in [2.05, 4.69) is 0 Å². The van der Waals surface area contributed by atoms with Crippen molar-refractivity contribution in [1.82, 2.24) is 0 Å². The second-order valence-electron chi connectivity index (χ2n) is 5.13. The van der Waals surface area contributed by atoms with Crippen LogP contribution in [0.3, 0.4) is 0 Å². The van der Waals surface area contributed by atoms with Crippen LogP contribution in [0.5, 0.6) is 0 Å². The van der Waals surface area contributed by atoms with E-state index in [0.717, 1.165) is 0 Å². The van der Waals surface area contributed by atoms with Gasteiger partial charge in [-0.25, -0.2) is 0 Å². The molecule has 1 aromatic carbocycles. The first-order valence-electron chi connectivity index (χ1n) is 6.76. The van der Waals surface area contributed by atoms with Crippen molar-refractivity contribution < 1.29 is 9.66 Å². The zero-order valence-corrected chi connectivity index (χ0v) is 12.0. The number of ether oxygens (including phenoxy) is 1. The van der Waals surface area contributed by atoms with Crippen LogP contribution in [0.1, 0.15) is 19.4 Å². The fourth-order valence-corrected chi connectivity index (χ4v) is 2.57. The third-order valence-electron chi connectivity index (χ3n) is 3.31. The van der Waals surface area contributed by atoms with E-state index in [1.165, 1.54) is 12.1 Å². The molecule has 110 valence electrons. The fraction of sp³-hybridized carbons (Fsp3) is 0.400. The number of hydrogen-bond acceptors (Lipinski definition) is 5. The number of rotatable bonds is 3. The van der Waals surface area contributed by atoms with E-state index in [4.69, 9.17) is 10.00 Å². The van der Waals surface area contributed by atoms with Gasteiger partial charge in [0.15, 0.2) is 0 Å². The molecule has 6 nitrogen and oxygen atoms in total. The summed E-state index contributed by atoms with van der Waals surface area (Å²) in [5.74, 6) is 0. The highest BCUT2D eigenvalue weighted by Crippen LogP contribution is 2.31. The van der Waals surface area contributed by atoms with Crippen LogP contribution in [-0.2, 0) is 4.74 Å². The summed E-state index contributed by atoms with van der Waals surface area (Å²) in [6, 6.07) is 6.89. The third kappa shape index (κ3) is 3.58. The number of morpholine rings is 1. The van der Waals surface area contributed by atoms with Crippen LogP contribution < -0.4 is 4.90 Å². The summed E-state index contributed by atoms with van der Waals surface area (Å²) in [5.41, 5.74) is 1.29. The lowest BCUT2D eigenvalue weighted by atomic mass is 10.1. The molecule has 1 aliphatic rings. The Kier molecular flexibility index (Phi) is 4.55. The predicted octanol–water partition coefficient (Wildman–Crippen LogP) is 2.75. The highest BCUT2D eigenvalue weighted by Gasteiger charge is 2.27. The molecule has 6 heteroatoms. The Morgan fingerprint density at radius 2 is 2.10 bits per heavy atom. The zero-order valence-electron chi connectivity index (χ0n) is 12.0. The quantitative estimate of drug-likeness (QED) is 0.485. The number of nitrogens with zero attached hydrogens (tertiary/aromatic N) is 3. The molecule has 0 spiro atoms. The highest BCUT2D eigenvalue weighted by atomic mass is 16.6. The molecule has 1 heterocycles. The number of nitro groups is 1. The minimum absolute atomic E-state index is 0.0338. The summed E-state index contributed by atoms with van der Waals surface area (Å²) >= 11 is 0. The van der Waals surface area contributed by atoms with Gasteiger partial charge in [0, 0.05) is 25.2 Å². The first-order chi connectivity index (χ1) is 10.0. The van der Waals surface area contributed by atoms with E-state index in [1.807, 2.05) is 24.8 Å². The summed E-state index contributed by atoms with van der Waals surface area (Å²) < 4.78 is 5.66. The molecule has 1 aliphatic heterocycles. The van der Waals surface area contributed by atoms with Crippen molar-refractivity contribution in [3.05, 3.63) is 40.0 Å². The van der Waals surface area contributed by atoms with E-state index in [9.17, 15) is 10.1 Å². The standard InChI is InChI=1S/C15H17N3O3/c1-11-9-17(10-12(2)21-11)14-6-5-13(4-3-7-16)8-15(14)18(19)20/h3-6,8,11-12H,9-10H2,1-2H3/b4-3-/t11-,12+. The average Bonchev–Trinajstić information content (AvgIpc) is 2.43. The number of anilines is 1. The van der Waals surface area contributed by atoms with Crippen molar-refractivity contribution in [3.63, 3.8) is 0 Å². The second-order valence-corrected chi connectivity index (χ2v) is 5.13. The van der Waals surface area contributed by atoms with Crippen molar-refractivity contribution in [2.75, 3.05) is 18.0 Å². The lowest BCUT2D eigenvalue weighted by Crippen LogP contribution is -2.45. The van der Waals surface area contributed by atoms with Gasteiger partial charge in [0.05, 0.1) is 23.2 Å². The van der Waals surface area contributed by atoms with E-state index in [0.29, 0.717) is 24.3 Å². The van der Waals surface area contributed by atoms with Gasteiger partial charge in [0.2, 0.25) is 0 Å². The van der Waals surface area contributed by atoms with E-state index < -0.39 is 0 Å². The molecular weight excluding hydrogens is 270 g/mol. The van der Waals surface area contributed by atoms with Gasteiger partial charge in [0.1, 0.15) is 5.69 Å². The SMILES string of the molecule is C[C@@H]1CN(c2ccc(/C=C\C#N)cc2[N+](=O)[O-])C[C@H](C)O1. The fourth-order valence-electron chi connectivity index (χ4n) is 2.57. The third-order valence-corrected chi connectivity index (χ3v) is 3.31. The maximum atomic E-state index is 11.3. The van der Waals surface area contributed by atoms with Crippen molar-refractivity contribution in [1.29, 1.82) is 5.26 Å². The van der Waals surface area contributed by atoms with Crippen LogP contribution in [-0.4, -0.2) is 30.2 Å². The van der Waals surface area contributed by atoms with Crippen molar-refractivity contribution in [2.24, 2.45) is 0 Å². The van der Waals surface area contributed by atoms with Crippen LogP contribution in [0.15, 0.2) is 24.3 Å². The van der Waals surface area contributed by atoms with Crippen LogP contribution in [0.4, 0.5) is 11.4 Å². The maximum Gasteiger partial charge on any atom is 0.293 e. The zero-order chi connectivity index (χ0) is 15.4. The second kappa shape index (κ2) is 6.37. The smallest absolute Gasteiger partial charge is 0.293 e. The van der Waals surface area contributed by atoms with E-state index in [-0.39, 0.29) is 22.8 Å². The number of benzene rings is 1. The van der Waals surface area contributed by atoms with Gasteiger partial charge >= 0.3 is 0 Å². The summed E-state index contributed by atoms with van der Waals surface area (Å²) in [6.07, 6.45) is 2.93. The first kappa shape index (κ1) is 15.0. The lowest BCUT2D eigenvalue weighted by molar-refractivity contribution is -0.384. The van der Waals surface area contributed by atoms with E-state index >= 15 is 0 Å². The molecular formula is C15H17N3O3. The van der Waals surface area contributed by atoms with Gasteiger partial charge in [-0.1, -0.05) is 6.07 Å². The summed E-state index contributed by atoms with van der Waals surface area (Å²) in [4.78, 5) is 12.9. The molecule has 2 atom stereocenters. The molecule has 0 bridgehead atoms. The molecule has 0 aromatic heterocycles. The number of nitro benzene ring substituents is 1. The maximum absolute atomic E-state index is 11.3. The molecule has 0 N–H and O–H groups in total. The molecule has 0 unspecified atom stereocenters. The Hall–Kier alpha value is -2.39. The molecule has 2 rings (SSSR count). The molecule has 0 aliphatic carbocycles. The molecule has 21 heavy (non-hydrogen) atoms. The van der Waals surface area contributed by atoms with Gasteiger partial charge in [-0.05, 0) is 31.6 Å².